The van der Waals surface area contributed by atoms with Gasteiger partial charge in [-0.05, 0) is 60.2 Å². The van der Waals surface area contributed by atoms with Crippen molar-refractivity contribution >= 4 is 27.5 Å². The molecule has 0 aliphatic carbocycles. The van der Waals surface area contributed by atoms with Crippen LogP contribution in [0.15, 0.2) is 48.5 Å². The Morgan fingerprint density at radius 1 is 1.00 bits per heavy atom. The van der Waals surface area contributed by atoms with Crippen LogP contribution in [0.3, 0.4) is 0 Å². The Bertz CT molecular complexity index is 1490. The zero-order valence-corrected chi connectivity index (χ0v) is 21.2. The summed E-state index contributed by atoms with van der Waals surface area (Å²) in [4.78, 5) is 11.7. The van der Waals surface area contributed by atoms with Gasteiger partial charge < -0.3 is 24.8 Å². The Balaban J connectivity index is 1.34. The number of piperazine rings is 1. The molecular formula is C30H31FN4O3. The van der Waals surface area contributed by atoms with Crippen molar-refractivity contribution in [2.75, 3.05) is 37.8 Å². The van der Waals surface area contributed by atoms with Gasteiger partial charge in [-0.25, -0.2) is 4.39 Å². The van der Waals surface area contributed by atoms with Gasteiger partial charge in [-0.15, -0.1) is 0 Å². The molecule has 3 atom stereocenters. The fourth-order valence-electron chi connectivity index (χ4n) is 6.26. The first kappa shape index (κ1) is 23.6. The molecule has 1 aromatic heterocycles. The fourth-order valence-corrected chi connectivity index (χ4v) is 6.26. The van der Waals surface area contributed by atoms with E-state index in [1.54, 1.807) is 18.2 Å². The lowest BCUT2D eigenvalue weighted by atomic mass is 9.96. The first-order valence-electron chi connectivity index (χ1n) is 13.6. The van der Waals surface area contributed by atoms with Crippen molar-refractivity contribution in [2.24, 2.45) is 5.92 Å². The van der Waals surface area contributed by atoms with Crippen LogP contribution >= 0.6 is 0 Å². The van der Waals surface area contributed by atoms with Crippen LogP contribution in [-0.4, -0.2) is 60.1 Å². The molecule has 3 aliphatic rings. The fraction of sp³-hybridized carbons (Fsp3) is 0.400. The predicted octanol–water partition coefficient (Wildman–Crippen LogP) is 5.04. The minimum absolute atomic E-state index is 0.0941. The number of fused-ring (bicyclic) bond motifs is 4. The lowest BCUT2D eigenvalue weighted by Gasteiger charge is -2.34. The molecule has 3 aromatic carbocycles. The van der Waals surface area contributed by atoms with Gasteiger partial charge in [0.25, 0.3) is 0 Å². The van der Waals surface area contributed by atoms with Crippen molar-refractivity contribution in [3.8, 4) is 22.9 Å². The average molecular weight is 515 g/mol. The third kappa shape index (κ3) is 4.31. The van der Waals surface area contributed by atoms with Crippen molar-refractivity contribution in [3.63, 3.8) is 0 Å². The molecule has 2 N–H and O–H groups in total. The maximum Gasteiger partial charge on any atom is 0.319 e. The van der Waals surface area contributed by atoms with Crippen LogP contribution in [-0.2, 0) is 4.74 Å². The number of anilines is 1. The number of benzene rings is 3. The van der Waals surface area contributed by atoms with E-state index in [1.165, 1.54) is 0 Å². The molecule has 0 amide bonds. The Kier molecular flexibility index (Phi) is 6.01. The highest BCUT2D eigenvalue weighted by Crippen LogP contribution is 2.39. The van der Waals surface area contributed by atoms with Crippen molar-refractivity contribution in [3.05, 3.63) is 54.3 Å². The molecule has 38 heavy (non-hydrogen) atoms. The van der Waals surface area contributed by atoms with E-state index in [0.29, 0.717) is 41.8 Å². The van der Waals surface area contributed by atoms with Crippen LogP contribution in [0.5, 0.6) is 11.8 Å². The van der Waals surface area contributed by atoms with E-state index in [1.807, 2.05) is 30.3 Å². The Morgan fingerprint density at radius 2 is 1.84 bits per heavy atom. The molecule has 8 heteroatoms. The summed E-state index contributed by atoms with van der Waals surface area (Å²) in [6.07, 6.45) is 4.32. The largest absolute Gasteiger partial charge is 0.508 e. The van der Waals surface area contributed by atoms with Crippen LogP contribution in [0.2, 0.25) is 0 Å². The van der Waals surface area contributed by atoms with Gasteiger partial charge in [0.1, 0.15) is 17.1 Å². The number of hydrogen-bond acceptors (Lipinski definition) is 7. The third-order valence-corrected chi connectivity index (χ3v) is 8.12. The standard InChI is InChI=1S/C30H31FN4O3/c31-27-24(26-13-22(36)12-19-5-1-2-6-23(19)26)9-10-25-28(27)33-30(38-17-18-4-3-11-37-16-18)34-29(25)35-14-20-7-8-21(15-35)32-20/h1-2,5-6,9-10,12-13,18,20-21,32,36H,3-4,7-8,11,14-17H2/t18?,20-,21+. The van der Waals surface area contributed by atoms with Gasteiger partial charge in [0, 0.05) is 48.6 Å². The molecule has 4 heterocycles. The summed E-state index contributed by atoms with van der Waals surface area (Å²) in [7, 11) is 0. The molecular weight excluding hydrogens is 483 g/mol. The van der Waals surface area contributed by atoms with E-state index in [9.17, 15) is 5.11 Å². The van der Waals surface area contributed by atoms with Gasteiger partial charge in [0.05, 0.1) is 13.2 Å². The first-order chi connectivity index (χ1) is 18.6. The molecule has 4 aromatic rings. The van der Waals surface area contributed by atoms with Crippen molar-refractivity contribution < 1.29 is 19.0 Å². The van der Waals surface area contributed by atoms with Gasteiger partial charge in [-0.3, -0.25) is 0 Å². The first-order valence-corrected chi connectivity index (χ1v) is 13.6. The maximum atomic E-state index is 16.4. The zero-order chi connectivity index (χ0) is 25.6. The number of aromatic nitrogens is 2. The average Bonchev–Trinajstić information content (AvgIpc) is 3.29. The van der Waals surface area contributed by atoms with E-state index in [-0.39, 0.29) is 23.2 Å². The van der Waals surface area contributed by atoms with Crippen LogP contribution in [0, 0.1) is 11.7 Å². The molecule has 3 aliphatic heterocycles. The molecule has 0 spiro atoms. The topological polar surface area (TPSA) is 79.7 Å². The summed E-state index contributed by atoms with van der Waals surface area (Å²) in [6.45, 7) is 3.52. The molecule has 7 rings (SSSR count). The summed E-state index contributed by atoms with van der Waals surface area (Å²) >= 11 is 0. The molecule has 3 saturated heterocycles. The smallest absolute Gasteiger partial charge is 0.319 e. The van der Waals surface area contributed by atoms with Crippen molar-refractivity contribution in [2.45, 2.75) is 37.8 Å². The van der Waals surface area contributed by atoms with E-state index in [0.717, 1.165) is 62.0 Å². The minimum atomic E-state index is -0.439. The Hall–Kier alpha value is -3.49. The Morgan fingerprint density at radius 3 is 2.66 bits per heavy atom. The van der Waals surface area contributed by atoms with Crippen LogP contribution in [0.25, 0.3) is 32.8 Å². The predicted molar refractivity (Wildman–Crippen MR) is 145 cm³/mol. The summed E-state index contributed by atoms with van der Waals surface area (Å²) < 4.78 is 28.1. The van der Waals surface area contributed by atoms with E-state index < -0.39 is 5.82 Å². The molecule has 0 radical (unpaired) electrons. The number of halogens is 1. The number of phenols is 1. The molecule has 1 unspecified atom stereocenters. The monoisotopic (exact) mass is 514 g/mol. The second kappa shape index (κ2) is 9.67. The molecule has 2 bridgehead atoms. The number of nitrogens with one attached hydrogen (secondary N) is 1. The molecule has 0 saturated carbocycles. The number of nitrogens with zero attached hydrogens (tertiary/aromatic N) is 3. The summed E-state index contributed by atoms with van der Waals surface area (Å²) in [5.74, 6) is 0.647. The second-order valence-electron chi connectivity index (χ2n) is 10.8. The number of aromatic hydroxyl groups is 1. The summed E-state index contributed by atoms with van der Waals surface area (Å²) in [6, 6.07) is 15.7. The van der Waals surface area contributed by atoms with Gasteiger partial charge >= 0.3 is 6.01 Å². The van der Waals surface area contributed by atoms with E-state index in [4.69, 9.17) is 14.5 Å². The third-order valence-electron chi connectivity index (χ3n) is 8.12. The second-order valence-corrected chi connectivity index (χ2v) is 10.8. The van der Waals surface area contributed by atoms with E-state index >= 15 is 4.39 Å². The zero-order valence-electron chi connectivity index (χ0n) is 21.2. The van der Waals surface area contributed by atoms with Gasteiger partial charge in [-0.2, -0.15) is 9.97 Å². The van der Waals surface area contributed by atoms with Crippen molar-refractivity contribution in [1.29, 1.82) is 0 Å². The lowest BCUT2D eigenvalue weighted by molar-refractivity contribution is 0.0336. The number of phenolic OH excluding ortho intramolecular Hbond substituents is 1. The van der Waals surface area contributed by atoms with E-state index in [2.05, 4.69) is 15.2 Å². The quantitative estimate of drug-likeness (QED) is 0.386. The van der Waals surface area contributed by atoms with Gasteiger partial charge in [0.15, 0.2) is 5.82 Å². The van der Waals surface area contributed by atoms with Gasteiger partial charge in [-0.1, -0.05) is 30.3 Å². The highest BCUT2D eigenvalue weighted by Gasteiger charge is 2.34. The highest BCUT2D eigenvalue weighted by atomic mass is 19.1. The number of rotatable bonds is 5. The van der Waals surface area contributed by atoms with Gasteiger partial charge in [0.2, 0.25) is 0 Å². The minimum Gasteiger partial charge on any atom is -0.508 e. The SMILES string of the molecule is Oc1cc(-c2ccc3c(N4C[C@H]5CC[C@@H](C4)N5)nc(OCC4CCCOC4)nc3c2F)c2ccccc2c1. The molecule has 7 nitrogen and oxygen atoms in total. The van der Waals surface area contributed by atoms with Crippen LogP contribution < -0.4 is 15.0 Å². The number of ether oxygens (including phenoxy) is 2. The van der Waals surface area contributed by atoms with Crippen LogP contribution in [0.4, 0.5) is 10.2 Å². The molecule has 3 fully saturated rings. The summed E-state index contributed by atoms with van der Waals surface area (Å²) in [5, 5.41) is 16.4. The summed E-state index contributed by atoms with van der Waals surface area (Å²) in [5.41, 5.74) is 1.25. The Labute approximate surface area is 220 Å². The maximum absolute atomic E-state index is 16.4. The number of hydrogen-bond donors (Lipinski definition) is 2. The lowest BCUT2D eigenvalue weighted by Crippen LogP contribution is -2.51. The normalized spacial score (nSPS) is 23.3. The van der Waals surface area contributed by atoms with Crippen LogP contribution in [0.1, 0.15) is 25.7 Å². The highest BCUT2D eigenvalue weighted by molar-refractivity contribution is 6.01. The molecule has 196 valence electrons. The van der Waals surface area contributed by atoms with Crippen molar-refractivity contribution in [1.82, 2.24) is 15.3 Å².